The van der Waals surface area contributed by atoms with E-state index in [-0.39, 0.29) is 24.0 Å². The zero-order valence-corrected chi connectivity index (χ0v) is 14.7. The molecule has 0 spiro atoms. The van der Waals surface area contributed by atoms with Gasteiger partial charge in [0.15, 0.2) is 5.96 Å². The second-order valence-electron chi connectivity index (χ2n) is 4.74. The van der Waals surface area contributed by atoms with Crippen LogP contribution in [0.4, 0.5) is 0 Å². The molecular formula is C13H26IN5. The third kappa shape index (κ3) is 5.80. The first-order valence-corrected chi connectivity index (χ1v) is 6.63. The SMILES string of the molecule is CCN(CC)C(N)=NCc1nccn1CC(C)C.I. The van der Waals surface area contributed by atoms with Crippen molar-refractivity contribution < 1.29 is 0 Å². The molecule has 0 radical (unpaired) electrons. The normalized spacial score (nSPS) is 11.5. The monoisotopic (exact) mass is 379 g/mol. The molecule has 0 amide bonds. The molecule has 1 aromatic rings. The smallest absolute Gasteiger partial charge is 0.191 e. The Morgan fingerprint density at radius 2 is 2.05 bits per heavy atom. The van der Waals surface area contributed by atoms with Gasteiger partial charge in [-0.25, -0.2) is 9.98 Å². The van der Waals surface area contributed by atoms with E-state index in [1.54, 1.807) is 0 Å². The van der Waals surface area contributed by atoms with E-state index in [4.69, 9.17) is 5.73 Å². The fourth-order valence-electron chi connectivity index (χ4n) is 1.85. The topological polar surface area (TPSA) is 59.4 Å². The van der Waals surface area contributed by atoms with Crippen LogP contribution < -0.4 is 5.73 Å². The number of imidazole rings is 1. The van der Waals surface area contributed by atoms with E-state index >= 15 is 0 Å². The minimum atomic E-state index is 0. The Kier molecular flexibility index (Phi) is 8.79. The maximum atomic E-state index is 5.95. The highest BCUT2D eigenvalue weighted by atomic mass is 127. The minimum Gasteiger partial charge on any atom is -0.370 e. The van der Waals surface area contributed by atoms with E-state index in [1.807, 2.05) is 17.3 Å². The van der Waals surface area contributed by atoms with Gasteiger partial charge in [-0.3, -0.25) is 0 Å². The lowest BCUT2D eigenvalue weighted by Crippen LogP contribution is -2.37. The Hall–Kier alpha value is -0.790. The van der Waals surface area contributed by atoms with E-state index in [9.17, 15) is 0 Å². The van der Waals surface area contributed by atoms with Crippen LogP contribution in [0.5, 0.6) is 0 Å². The number of nitrogens with two attached hydrogens (primary N) is 1. The predicted molar refractivity (Wildman–Crippen MR) is 90.7 cm³/mol. The maximum Gasteiger partial charge on any atom is 0.191 e. The summed E-state index contributed by atoms with van der Waals surface area (Å²) in [6, 6.07) is 0. The Bertz CT molecular complexity index is 382. The lowest BCUT2D eigenvalue weighted by Gasteiger charge is -2.19. The van der Waals surface area contributed by atoms with Crippen molar-refractivity contribution in [2.75, 3.05) is 13.1 Å². The molecule has 1 aromatic heterocycles. The van der Waals surface area contributed by atoms with Crippen LogP contribution in [0.1, 0.15) is 33.5 Å². The molecule has 0 saturated heterocycles. The molecule has 0 aromatic carbocycles. The number of hydrogen-bond donors (Lipinski definition) is 1. The highest BCUT2D eigenvalue weighted by molar-refractivity contribution is 14.0. The summed E-state index contributed by atoms with van der Waals surface area (Å²) in [5, 5.41) is 0. The molecule has 2 N–H and O–H groups in total. The Morgan fingerprint density at radius 3 is 2.58 bits per heavy atom. The molecule has 1 rings (SSSR count). The first-order valence-electron chi connectivity index (χ1n) is 6.63. The maximum absolute atomic E-state index is 5.95. The van der Waals surface area contributed by atoms with Gasteiger partial charge in [0.1, 0.15) is 12.4 Å². The zero-order valence-electron chi connectivity index (χ0n) is 12.3. The van der Waals surface area contributed by atoms with Crippen LogP contribution in [0.15, 0.2) is 17.4 Å². The van der Waals surface area contributed by atoms with Crippen LogP contribution >= 0.6 is 24.0 Å². The van der Waals surface area contributed by atoms with Gasteiger partial charge in [-0.15, -0.1) is 24.0 Å². The minimum absolute atomic E-state index is 0. The predicted octanol–water partition coefficient (Wildman–Crippen LogP) is 2.31. The standard InChI is InChI=1S/C13H25N5.HI/c1-5-17(6-2)13(14)16-9-12-15-7-8-18(12)10-11(3)4;/h7-8,11H,5-6,9-10H2,1-4H3,(H2,14,16);1H. The summed E-state index contributed by atoms with van der Waals surface area (Å²) in [6.07, 6.45) is 3.82. The third-order valence-electron chi connectivity index (χ3n) is 2.83. The van der Waals surface area contributed by atoms with Gasteiger partial charge in [0, 0.05) is 32.0 Å². The molecule has 0 aliphatic heterocycles. The van der Waals surface area contributed by atoms with Crippen molar-refractivity contribution >= 4 is 29.9 Å². The van der Waals surface area contributed by atoms with Crippen molar-refractivity contribution in [3.8, 4) is 0 Å². The second kappa shape index (κ2) is 9.17. The van der Waals surface area contributed by atoms with Crippen molar-refractivity contribution in [3.05, 3.63) is 18.2 Å². The highest BCUT2D eigenvalue weighted by Gasteiger charge is 2.06. The zero-order chi connectivity index (χ0) is 13.5. The van der Waals surface area contributed by atoms with Crippen molar-refractivity contribution in [1.82, 2.24) is 14.5 Å². The average Bonchev–Trinajstić information content (AvgIpc) is 2.74. The summed E-state index contributed by atoms with van der Waals surface area (Å²) >= 11 is 0. The first kappa shape index (κ1) is 18.2. The van der Waals surface area contributed by atoms with Gasteiger partial charge >= 0.3 is 0 Å². The number of guanidine groups is 1. The molecule has 19 heavy (non-hydrogen) atoms. The van der Waals surface area contributed by atoms with Crippen molar-refractivity contribution in [2.45, 2.75) is 40.8 Å². The van der Waals surface area contributed by atoms with Crippen molar-refractivity contribution in [1.29, 1.82) is 0 Å². The summed E-state index contributed by atoms with van der Waals surface area (Å²) in [7, 11) is 0. The second-order valence-corrected chi connectivity index (χ2v) is 4.74. The van der Waals surface area contributed by atoms with E-state index in [0.717, 1.165) is 25.5 Å². The third-order valence-corrected chi connectivity index (χ3v) is 2.83. The van der Waals surface area contributed by atoms with Crippen LogP contribution in [-0.4, -0.2) is 33.5 Å². The number of rotatable bonds is 6. The molecule has 5 nitrogen and oxygen atoms in total. The molecule has 0 bridgehead atoms. The number of halogens is 1. The number of aliphatic imine (C=N–C) groups is 1. The lowest BCUT2D eigenvalue weighted by atomic mass is 10.2. The van der Waals surface area contributed by atoms with Crippen LogP contribution in [0, 0.1) is 5.92 Å². The molecule has 0 aliphatic carbocycles. The average molecular weight is 379 g/mol. The molecule has 0 unspecified atom stereocenters. The van der Waals surface area contributed by atoms with Crippen LogP contribution in [-0.2, 0) is 13.1 Å². The fraction of sp³-hybridized carbons (Fsp3) is 0.692. The molecule has 110 valence electrons. The van der Waals surface area contributed by atoms with Gasteiger partial charge in [0.05, 0.1) is 0 Å². The molecular weight excluding hydrogens is 353 g/mol. The summed E-state index contributed by atoms with van der Waals surface area (Å²) in [6.45, 7) is 11.8. The van der Waals surface area contributed by atoms with Crippen LogP contribution in [0.3, 0.4) is 0 Å². The van der Waals surface area contributed by atoms with E-state index in [0.29, 0.717) is 18.4 Å². The molecule has 0 saturated carbocycles. The molecule has 1 heterocycles. The Morgan fingerprint density at radius 1 is 1.42 bits per heavy atom. The first-order chi connectivity index (χ1) is 8.58. The lowest BCUT2D eigenvalue weighted by molar-refractivity contribution is 0.456. The largest absolute Gasteiger partial charge is 0.370 e. The van der Waals surface area contributed by atoms with Gasteiger partial charge < -0.3 is 15.2 Å². The summed E-state index contributed by atoms with van der Waals surface area (Å²) in [5.41, 5.74) is 5.95. The van der Waals surface area contributed by atoms with Crippen molar-refractivity contribution in [2.24, 2.45) is 16.6 Å². The molecule has 6 heteroatoms. The van der Waals surface area contributed by atoms with Gasteiger partial charge in [-0.1, -0.05) is 13.8 Å². The molecule has 0 atom stereocenters. The molecule has 0 aliphatic rings. The van der Waals surface area contributed by atoms with E-state index < -0.39 is 0 Å². The fourth-order valence-corrected chi connectivity index (χ4v) is 1.85. The van der Waals surface area contributed by atoms with Crippen molar-refractivity contribution in [3.63, 3.8) is 0 Å². The van der Waals surface area contributed by atoms with Crippen LogP contribution in [0.2, 0.25) is 0 Å². The number of hydrogen-bond acceptors (Lipinski definition) is 2. The molecule has 0 fully saturated rings. The van der Waals surface area contributed by atoms with Gasteiger partial charge in [0.25, 0.3) is 0 Å². The Labute approximate surface area is 133 Å². The summed E-state index contributed by atoms with van der Waals surface area (Å²) < 4.78 is 2.14. The van der Waals surface area contributed by atoms with E-state index in [2.05, 4.69) is 42.2 Å². The van der Waals surface area contributed by atoms with Crippen LogP contribution in [0.25, 0.3) is 0 Å². The quantitative estimate of drug-likeness (QED) is 0.469. The van der Waals surface area contributed by atoms with Gasteiger partial charge in [-0.05, 0) is 19.8 Å². The highest BCUT2D eigenvalue weighted by Crippen LogP contribution is 2.05. The number of nitrogens with zero attached hydrogens (tertiary/aromatic N) is 4. The summed E-state index contributed by atoms with van der Waals surface area (Å²) in [4.78, 5) is 10.8. The Balaban J connectivity index is 0.00000324. The number of aromatic nitrogens is 2. The van der Waals surface area contributed by atoms with E-state index in [1.165, 1.54) is 0 Å². The van der Waals surface area contributed by atoms with Gasteiger partial charge in [-0.2, -0.15) is 0 Å². The summed E-state index contributed by atoms with van der Waals surface area (Å²) in [5.74, 6) is 2.17. The van der Waals surface area contributed by atoms with Gasteiger partial charge in [0.2, 0.25) is 0 Å².